The zero-order chi connectivity index (χ0) is 10.1. The SMILES string of the molecule is O=[N+]([O-])C1CCC(O)C2NCCCC21. The Bertz CT molecular complexity index is 234. The minimum absolute atomic E-state index is 0.0301. The van der Waals surface area contributed by atoms with Crippen molar-refractivity contribution in [3.05, 3.63) is 10.1 Å². The van der Waals surface area contributed by atoms with Crippen LogP contribution in [0.5, 0.6) is 0 Å². The number of aliphatic hydroxyl groups is 1. The number of aliphatic hydroxyl groups excluding tert-OH is 1. The molecule has 0 bridgehead atoms. The summed E-state index contributed by atoms with van der Waals surface area (Å²) in [5.41, 5.74) is 0. The van der Waals surface area contributed by atoms with Crippen LogP contribution in [0.1, 0.15) is 25.7 Å². The highest BCUT2D eigenvalue weighted by molar-refractivity contribution is 4.94. The largest absolute Gasteiger partial charge is 0.391 e. The van der Waals surface area contributed by atoms with E-state index in [2.05, 4.69) is 5.32 Å². The van der Waals surface area contributed by atoms with Crippen LogP contribution in [0.4, 0.5) is 0 Å². The first kappa shape index (κ1) is 9.86. The summed E-state index contributed by atoms with van der Waals surface area (Å²) < 4.78 is 0. The average molecular weight is 200 g/mol. The third-order valence-corrected chi connectivity index (χ3v) is 3.49. The molecule has 0 radical (unpaired) electrons. The summed E-state index contributed by atoms with van der Waals surface area (Å²) in [6, 6.07) is -0.496. The van der Waals surface area contributed by atoms with E-state index in [1.165, 1.54) is 0 Å². The van der Waals surface area contributed by atoms with Gasteiger partial charge in [0.2, 0.25) is 6.04 Å². The maximum atomic E-state index is 10.8. The van der Waals surface area contributed by atoms with Crippen LogP contribution >= 0.6 is 0 Å². The molecular weight excluding hydrogens is 184 g/mol. The van der Waals surface area contributed by atoms with Gasteiger partial charge in [-0.15, -0.1) is 0 Å². The van der Waals surface area contributed by atoms with Crippen molar-refractivity contribution >= 4 is 0 Å². The van der Waals surface area contributed by atoms with E-state index in [9.17, 15) is 15.2 Å². The second-order valence-corrected chi connectivity index (χ2v) is 4.28. The number of nitrogens with one attached hydrogen (secondary N) is 1. The van der Waals surface area contributed by atoms with Crippen LogP contribution in [0, 0.1) is 16.0 Å². The smallest absolute Gasteiger partial charge is 0.217 e. The van der Waals surface area contributed by atoms with Gasteiger partial charge in [-0.2, -0.15) is 0 Å². The molecule has 5 heteroatoms. The van der Waals surface area contributed by atoms with Crippen LogP contribution in [-0.2, 0) is 0 Å². The molecule has 0 aromatic rings. The molecule has 1 saturated heterocycles. The number of nitro groups is 1. The van der Waals surface area contributed by atoms with Gasteiger partial charge in [-0.1, -0.05) is 0 Å². The third-order valence-electron chi connectivity index (χ3n) is 3.49. The molecule has 2 aliphatic rings. The summed E-state index contributed by atoms with van der Waals surface area (Å²) >= 11 is 0. The molecule has 0 amide bonds. The first-order chi connectivity index (χ1) is 6.70. The average Bonchev–Trinajstić information content (AvgIpc) is 2.18. The van der Waals surface area contributed by atoms with Crippen LogP contribution in [0.2, 0.25) is 0 Å². The molecule has 0 aromatic heterocycles. The summed E-state index contributed by atoms with van der Waals surface area (Å²) in [6.07, 6.45) is 2.55. The Morgan fingerprint density at radius 2 is 2.14 bits per heavy atom. The number of fused-ring (bicyclic) bond motifs is 1. The second kappa shape index (κ2) is 3.82. The molecule has 1 aliphatic heterocycles. The van der Waals surface area contributed by atoms with E-state index in [0.717, 1.165) is 19.4 Å². The van der Waals surface area contributed by atoms with E-state index in [1.54, 1.807) is 0 Å². The predicted molar refractivity (Wildman–Crippen MR) is 50.5 cm³/mol. The normalized spacial score (nSPS) is 42.9. The van der Waals surface area contributed by atoms with Crippen LogP contribution < -0.4 is 5.32 Å². The van der Waals surface area contributed by atoms with Gasteiger partial charge < -0.3 is 10.4 Å². The summed E-state index contributed by atoms with van der Waals surface area (Å²) in [5, 5.41) is 23.7. The Labute approximate surface area is 82.6 Å². The highest BCUT2D eigenvalue weighted by atomic mass is 16.6. The molecule has 1 heterocycles. The minimum atomic E-state index is -0.448. The Morgan fingerprint density at radius 1 is 1.36 bits per heavy atom. The Morgan fingerprint density at radius 3 is 2.86 bits per heavy atom. The lowest BCUT2D eigenvalue weighted by atomic mass is 9.75. The Hall–Kier alpha value is -0.680. The molecule has 1 aliphatic carbocycles. The second-order valence-electron chi connectivity index (χ2n) is 4.28. The Balaban J connectivity index is 2.12. The van der Waals surface area contributed by atoms with Gasteiger partial charge in [0.1, 0.15) is 0 Å². The van der Waals surface area contributed by atoms with Crippen molar-refractivity contribution in [3.8, 4) is 0 Å². The van der Waals surface area contributed by atoms with Crippen LogP contribution in [0.3, 0.4) is 0 Å². The zero-order valence-corrected chi connectivity index (χ0v) is 8.06. The lowest BCUT2D eigenvalue weighted by Gasteiger charge is -2.40. The van der Waals surface area contributed by atoms with E-state index in [0.29, 0.717) is 12.8 Å². The van der Waals surface area contributed by atoms with E-state index < -0.39 is 12.1 Å². The van der Waals surface area contributed by atoms with Gasteiger partial charge >= 0.3 is 0 Å². The van der Waals surface area contributed by atoms with Crippen LogP contribution in [0.15, 0.2) is 0 Å². The quantitative estimate of drug-likeness (QED) is 0.467. The Kier molecular flexibility index (Phi) is 2.69. The predicted octanol–water partition coefficient (Wildman–Crippen LogP) is 0.155. The van der Waals surface area contributed by atoms with Crippen LogP contribution in [-0.4, -0.2) is 34.8 Å². The van der Waals surface area contributed by atoms with Crippen molar-refractivity contribution in [2.45, 2.75) is 43.9 Å². The highest BCUT2D eigenvalue weighted by Crippen LogP contribution is 2.32. The number of nitrogens with zero attached hydrogens (tertiary/aromatic N) is 1. The van der Waals surface area contributed by atoms with Gasteiger partial charge in [0.15, 0.2) is 0 Å². The zero-order valence-electron chi connectivity index (χ0n) is 8.06. The van der Waals surface area contributed by atoms with Crippen molar-refractivity contribution in [2.75, 3.05) is 6.54 Å². The summed E-state index contributed by atoms with van der Waals surface area (Å²) in [6.45, 7) is 0.878. The highest BCUT2D eigenvalue weighted by Gasteiger charge is 2.45. The molecule has 2 N–H and O–H groups in total. The number of piperidine rings is 1. The van der Waals surface area contributed by atoms with Crippen molar-refractivity contribution in [1.29, 1.82) is 0 Å². The van der Waals surface area contributed by atoms with Gasteiger partial charge in [0.25, 0.3) is 0 Å². The molecule has 0 spiro atoms. The maximum Gasteiger partial charge on any atom is 0.217 e. The van der Waals surface area contributed by atoms with Gasteiger partial charge in [0.05, 0.1) is 6.10 Å². The number of hydrogen-bond donors (Lipinski definition) is 2. The monoisotopic (exact) mass is 200 g/mol. The van der Waals surface area contributed by atoms with E-state index >= 15 is 0 Å². The number of rotatable bonds is 1. The molecule has 2 fully saturated rings. The first-order valence-electron chi connectivity index (χ1n) is 5.25. The molecule has 5 nitrogen and oxygen atoms in total. The van der Waals surface area contributed by atoms with Crippen molar-refractivity contribution in [2.24, 2.45) is 5.92 Å². The van der Waals surface area contributed by atoms with Gasteiger partial charge in [-0.05, 0) is 25.8 Å². The van der Waals surface area contributed by atoms with E-state index in [-0.39, 0.29) is 16.9 Å². The fraction of sp³-hybridized carbons (Fsp3) is 1.00. The molecule has 4 atom stereocenters. The van der Waals surface area contributed by atoms with Crippen molar-refractivity contribution in [3.63, 3.8) is 0 Å². The standard InChI is InChI=1S/C9H16N2O3/c12-8-4-3-7(11(13)14)6-2-1-5-10-9(6)8/h6-10,12H,1-5H2. The number of hydrogen-bond acceptors (Lipinski definition) is 4. The van der Waals surface area contributed by atoms with Gasteiger partial charge in [-0.25, -0.2) is 0 Å². The van der Waals surface area contributed by atoms with Crippen molar-refractivity contribution < 1.29 is 10.0 Å². The minimum Gasteiger partial charge on any atom is -0.391 e. The summed E-state index contributed by atoms with van der Waals surface area (Å²) in [5.74, 6) is 0.0301. The molecule has 14 heavy (non-hydrogen) atoms. The van der Waals surface area contributed by atoms with E-state index in [4.69, 9.17) is 0 Å². The van der Waals surface area contributed by atoms with Crippen molar-refractivity contribution in [1.82, 2.24) is 5.32 Å². The fourth-order valence-corrected chi connectivity index (χ4v) is 2.79. The fourth-order valence-electron chi connectivity index (χ4n) is 2.79. The molecular formula is C9H16N2O3. The maximum absolute atomic E-state index is 10.8. The molecule has 1 saturated carbocycles. The summed E-state index contributed by atoms with van der Waals surface area (Å²) in [7, 11) is 0. The molecule has 0 aromatic carbocycles. The molecule has 80 valence electrons. The van der Waals surface area contributed by atoms with E-state index in [1.807, 2.05) is 0 Å². The third kappa shape index (κ3) is 1.62. The lowest BCUT2D eigenvalue weighted by Crippen LogP contribution is -2.57. The van der Waals surface area contributed by atoms with Gasteiger partial charge in [-0.3, -0.25) is 10.1 Å². The molecule has 4 unspecified atom stereocenters. The van der Waals surface area contributed by atoms with Gasteiger partial charge in [0, 0.05) is 23.3 Å². The topological polar surface area (TPSA) is 75.4 Å². The van der Waals surface area contributed by atoms with Crippen LogP contribution in [0.25, 0.3) is 0 Å². The lowest BCUT2D eigenvalue weighted by molar-refractivity contribution is -0.538. The molecule has 2 rings (SSSR count). The summed E-state index contributed by atoms with van der Waals surface area (Å²) in [4.78, 5) is 10.6. The first-order valence-corrected chi connectivity index (χ1v) is 5.25.